The fourth-order valence-corrected chi connectivity index (χ4v) is 7.02. The van der Waals surface area contributed by atoms with Gasteiger partial charge in [-0.15, -0.1) is 4.68 Å². The topological polar surface area (TPSA) is 244 Å². The number of primary amides is 2. The highest BCUT2D eigenvalue weighted by atomic mass is 16.2. The van der Waals surface area contributed by atoms with Crippen molar-refractivity contribution >= 4 is 63.4 Å². The van der Waals surface area contributed by atoms with E-state index in [1.807, 2.05) is 30.6 Å². The van der Waals surface area contributed by atoms with Gasteiger partial charge >= 0.3 is 11.7 Å². The molecule has 6 heterocycles. The molecule has 7 N–H and O–H groups in total. The first-order chi connectivity index (χ1) is 26.5. The summed E-state index contributed by atoms with van der Waals surface area (Å²) < 4.78 is 8.31. The number of rotatable bonds is 7. The van der Waals surface area contributed by atoms with Crippen LogP contribution in [0.5, 0.6) is 0 Å². The molecule has 1 aliphatic heterocycles. The second-order valence-corrected chi connectivity index (χ2v) is 13.6. The lowest BCUT2D eigenvalue weighted by molar-refractivity contribution is -0.606. The van der Waals surface area contributed by atoms with Crippen LogP contribution < -0.4 is 32.0 Å². The Bertz CT molecular complexity index is 2620. The normalized spacial score (nSPS) is 15.2. The molecule has 5 aromatic heterocycles. The molecule has 1 fully saturated rings. The first-order valence-corrected chi connectivity index (χ1v) is 18.1. The highest BCUT2D eigenvalue weighted by Gasteiger charge is 2.37. The number of fused-ring (bicyclic) bond motifs is 9. The molecule has 8 rings (SSSR count). The van der Waals surface area contributed by atoms with Gasteiger partial charge in [-0.05, 0) is 57.7 Å². The van der Waals surface area contributed by atoms with E-state index >= 15 is 0 Å². The maximum absolute atomic E-state index is 14.6. The number of aromatic nitrogens is 10. The van der Waals surface area contributed by atoms with Crippen molar-refractivity contribution in [2.75, 3.05) is 22.5 Å². The summed E-state index contributed by atoms with van der Waals surface area (Å²) in [5.74, 6) is -0.884. The average Bonchev–Trinajstić information content (AvgIpc) is 3.55. The minimum Gasteiger partial charge on any atom is -0.383 e. The van der Waals surface area contributed by atoms with Crippen LogP contribution in [0.3, 0.4) is 0 Å². The molecular weight excluding hydrogens is 706 g/mol. The van der Waals surface area contributed by atoms with Crippen molar-refractivity contribution < 1.29 is 23.7 Å². The molecule has 55 heavy (non-hydrogen) atoms. The summed E-state index contributed by atoms with van der Waals surface area (Å²) in [6.07, 6.45) is 7.35. The van der Waals surface area contributed by atoms with Crippen LogP contribution in [0, 0.1) is 19.8 Å². The predicted molar refractivity (Wildman–Crippen MR) is 201 cm³/mol. The zero-order chi connectivity index (χ0) is 38.7. The van der Waals surface area contributed by atoms with Gasteiger partial charge < -0.3 is 21.4 Å². The number of hydrogen-bond donors (Lipinski definition) is 5. The Balaban J connectivity index is 1.37. The summed E-state index contributed by atoms with van der Waals surface area (Å²) >= 11 is 0. The number of carbonyl (C=O) groups is 4. The van der Waals surface area contributed by atoms with E-state index in [1.54, 1.807) is 44.5 Å². The minimum atomic E-state index is -0.664. The highest BCUT2D eigenvalue weighted by Crippen LogP contribution is 2.33. The quantitative estimate of drug-likeness (QED) is 0.118. The number of benzene rings is 1. The van der Waals surface area contributed by atoms with Gasteiger partial charge in [0.25, 0.3) is 11.7 Å². The van der Waals surface area contributed by atoms with Crippen LogP contribution in [0.1, 0.15) is 80.0 Å². The Labute approximate surface area is 313 Å². The molecule has 0 bridgehead atoms. The van der Waals surface area contributed by atoms with Crippen LogP contribution in [0.4, 0.5) is 17.6 Å². The van der Waals surface area contributed by atoms with Gasteiger partial charge in [0, 0.05) is 50.0 Å². The van der Waals surface area contributed by atoms with Crippen molar-refractivity contribution in [3.05, 3.63) is 70.7 Å². The standard InChI is InChI=1S/C36H39N15O4/c1-5-49-28-26(18(3)45-49)51-19(4)46-50(6-2)34(51)33(55)44-36-42-25-15-22(30(38)53)17-40-31(25)48(36)12-8-7-11-47-27-23(39-16-20-9-10-20)13-21(29(37)52)14-24(27)41-35(47)43-32(28)54/h7-8,13-15,17,20,39H,5-6,9-12,16H2,1-4H3,(H5-,37,38,41,42,43,44,52,53,54,55)/p+1/b8-7+. The van der Waals surface area contributed by atoms with E-state index in [2.05, 4.69) is 31.0 Å². The van der Waals surface area contributed by atoms with Crippen LogP contribution in [-0.2, 0) is 26.2 Å². The average molecular weight is 747 g/mol. The Kier molecular flexibility index (Phi) is 8.62. The lowest BCUT2D eigenvalue weighted by atomic mass is 10.1. The molecule has 0 unspecified atom stereocenters. The number of amides is 4. The largest absolute Gasteiger partial charge is 0.383 e. The van der Waals surface area contributed by atoms with Crippen LogP contribution in [-0.4, -0.2) is 73.8 Å². The van der Waals surface area contributed by atoms with Crippen LogP contribution in [0.25, 0.3) is 27.9 Å². The van der Waals surface area contributed by atoms with Crippen LogP contribution in [0.15, 0.2) is 36.5 Å². The van der Waals surface area contributed by atoms with Crippen molar-refractivity contribution in [2.24, 2.45) is 17.4 Å². The lowest BCUT2D eigenvalue weighted by Gasteiger charge is -2.14. The van der Waals surface area contributed by atoms with Gasteiger partial charge in [0.15, 0.2) is 17.0 Å². The molecule has 1 saturated carbocycles. The van der Waals surface area contributed by atoms with Gasteiger partial charge in [-0.3, -0.25) is 39.1 Å². The molecule has 19 heteroatoms. The van der Waals surface area contributed by atoms with E-state index in [9.17, 15) is 19.2 Å². The zero-order valence-corrected chi connectivity index (χ0v) is 30.8. The van der Waals surface area contributed by atoms with Gasteiger partial charge in [0.05, 0.1) is 28.0 Å². The molecule has 1 aliphatic carbocycles. The number of pyridine rings is 1. The molecule has 0 spiro atoms. The smallest absolute Gasteiger partial charge is 0.331 e. The van der Waals surface area contributed by atoms with E-state index in [-0.39, 0.29) is 47.6 Å². The summed E-state index contributed by atoms with van der Waals surface area (Å²) in [5.41, 5.74) is 15.3. The third kappa shape index (κ3) is 6.12. The van der Waals surface area contributed by atoms with E-state index in [0.717, 1.165) is 12.8 Å². The second-order valence-electron chi connectivity index (χ2n) is 13.6. The van der Waals surface area contributed by atoms with Gasteiger partial charge in [-0.25, -0.2) is 15.0 Å². The van der Waals surface area contributed by atoms with Crippen molar-refractivity contribution in [1.82, 2.24) is 43.6 Å². The van der Waals surface area contributed by atoms with Gasteiger partial charge in [-0.1, -0.05) is 12.2 Å². The number of allylic oxidation sites excluding steroid dienone is 2. The minimum absolute atomic E-state index is 0.123. The third-order valence-electron chi connectivity index (χ3n) is 9.85. The summed E-state index contributed by atoms with van der Waals surface area (Å²) in [6.45, 7) is 9.05. The van der Waals surface area contributed by atoms with E-state index in [1.165, 1.54) is 12.3 Å². The van der Waals surface area contributed by atoms with Gasteiger partial charge in [0.2, 0.25) is 23.7 Å². The predicted octanol–water partition coefficient (Wildman–Crippen LogP) is 2.20. The lowest BCUT2D eigenvalue weighted by Crippen LogP contribution is -2.44. The highest BCUT2D eigenvalue weighted by molar-refractivity contribution is 6.07. The first kappa shape index (κ1) is 35.1. The third-order valence-corrected chi connectivity index (χ3v) is 9.85. The van der Waals surface area contributed by atoms with E-state index in [0.29, 0.717) is 70.6 Å². The summed E-state index contributed by atoms with van der Waals surface area (Å²) in [6, 6.07) is 4.85. The number of nitrogens with one attached hydrogen (secondary N) is 3. The van der Waals surface area contributed by atoms with Crippen molar-refractivity contribution in [3.63, 3.8) is 0 Å². The molecule has 1 aromatic carbocycles. The molecule has 0 atom stereocenters. The number of anilines is 3. The SMILES string of the molecule is CCn1nc(C)c2c1C(=O)Nc1nc3cc(C(N)=O)cc(NCC4CC4)c3n1C/C=C/Cn1c(nc3cc(C(N)=O)cnc31)NC(=O)c1n(CC)nc(C)[n+]1-2. The van der Waals surface area contributed by atoms with Gasteiger partial charge in [-0.2, -0.15) is 9.67 Å². The summed E-state index contributed by atoms with van der Waals surface area (Å²) in [5, 5.41) is 18.8. The monoisotopic (exact) mass is 746 g/mol. The molecule has 0 radical (unpaired) electrons. The molecular formula is C36H40N15O4+. The summed E-state index contributed by atoms with van der Waals surface area (Å²) in [7, 11) is 0. The van der Waals surface area contributed by atoms with Gasteiger partial charge in [0.1, 0.15) is 12.1 Å². The molecule has 4 amide bonds. The Morgan fingerprint density at radius 2 is 1.53 bits per heavy atom. The summed E-state index contributed by atoms with van der Waals surface area (Å²) in [4.78, 5) is 67.5. The number of hydrogen-bond acceptors (Lipinski definition) is 10. The van der Waals surface area contributed by atoms with Crippen LogP contribution in [0.2, 0.25) is 0 Å². The zero-order valence-electron chi connectivity index (χ0n) is 30.8. The number of nitrogens with two attached hydrogens (primary N) is 2. The fraction of sp³-hybridized carbons (Fsp3) is 0.333. The maximum atomic E-state index is 14.6. The molecule has 19 nitrogen and oxygen atoms in total. The number of imidazole rings is 2. The van der Waals surface area contributed by atoms with Crippen molar-refractivity contribution in [3.8, 4) is 5.69 Å². The Morgan fingerprint density at radius 1 is 0.873 bits per heavy atom. The van der Waals surface area contributed by atoms with Crippen molar-refractivity contribution in [1.29, 1.82) is 0 Å². The van der Waals surface area contributed by atoms with Crippen LogP contribution >= 0.6 is 0 Å². The van der Waals surface area contributed by atoms with E-state index in [4.69, 9.17) is 21.5 Å². The Morgan fingerprint density at radius 3 is 2.22 bits per heavy atom. The maximum Gasteiger partial charge on any atom is 0.331 e. The number of carbonyl (C=O) groups excluding carboxylic acids is 4. The second kappa shape index (κ2) is 13.5. The fourth-order valence-electron chi connectivity index (χ4n) is 7.02. The van der Waals surface area contributed by atoms with Crippen molar-refractivity contribution in [2.45, 2.75) is 66.7 Å². The molecule has 0 saturated heterocycles. The molecule has 6 aromatic rings. The molecule has 2 aliphatic rings. The molecule has 282 valence electrons. The Hall–Kier alpha value is -6.92. The number of nitrogens with zero attached hydrogens (tertiary/aromatic N) is 10. The van der Waals surface area contributed by atoms with E-state index < -0.39 is 23.6 Å². The number of aryl methyl sites for hydroxylation is 4. The first-order valence-electron chi connectivity index (χ1n) is 18.1.